The molecule has 3 aliphatic rings. The Balaban J connectivity index is 1.21. The number of nitrogens with one attached hydrogen (secondary N) is 2. The van der Waals surface area contributed by atoms with Crippen LogP contribution in [0, 0.1) is 0 Å². The molecular weight excluding hydrogens is 628 g/mol. The summed E-state index contributed by atoms with van der Waals surface area (Å²) in [6, 6.07) is 11.0. The summed E-state index contributed by atoms with van der Waals surface area (Å²) < 4.78 is 49.2. The van der Waals surface area contributed by atoms with Gasteiger partial charge in [0.2, 0.25) is 12.2 Å². The van der Waals surface area contributed by atoms with Gasteiger partial charge in [0.05, 0.1) is 11.4 Å². The van der Waals surface area contributed by atoms with E-state index in [-0.39, 0.29) is 23.7 Å². The Labute approximate surface area is 264 Å². The molecule has 0 aromatic heterocycles. The zero-order valence-corrected chi connectivity index (χ0v) is 25.5. The van der Waals surface area contributed by atoms with Crippen LogP contribution in [0.5, 0.6) is 11.5 Å². The molecule has 2 aromatic rings. The van der Waals surface area contributed by atoms with Gasteiger partial charge in [-0.3, -0.25) is 9.52 Å². The zero-order valence-electron chi connectivity index (χ0n) is 24.7. The predicted molar refractivity (Wildman–Crippen MR) is 160 cm³/mol. The molecule has 2 saturated heterocycles. The highest BCUT2D eigenvalue weighted by molar-refractivity contribution is 7.95. The molecule has 2 aromatic carbocycles. The van der Waals surface area contributed by atoms with Crippen molar-refractivity contribution in [3.8, 4) is 11.5 Å². The van der Waals surface area contributed by atoms with Crippen molar-refractivity contribution in [2.75, 3.05) is 11.5 Å². The Morgan fingerprint density at radius 2 is 1.59 bits per heavy atom. The van der Waals surface area contributed by atoms with Crippen LogP contribution in [0.4, 0.5) is 5.69 Å². The molecule has 16 heteroatoms. The first-order chi connectivity index (χ1) is 21.8. The quantitative estimate of drug-likeness (QED) is 0.155. The van der Waals surface area contributed by atoms with Gasteiger partial charge in [0.25, 0.3) is 10.0 Å². The minimum Gasteiger partial charge on any atom is -0.504 e. The number of phenols is 1. The second-order valence-corrected chi connectivity index (χ2v) is 12.8. The molecule has 1 amide bonds. The minimum absolute atomic E-state index is 0.0891. The van der Waals surface area contributed by atoms with Gasteiger partial charge in [-0.05, 0) is 55.3 Å². The molecule has 0 spiro atoms. The van der Waals surface area contributed by atoms with E-state index in [1.54, 1.807) is 30.3 Å². The number of carbonyl (C=O) groups excluding carboxylic acids is 1. The lowest BCUT2D eigenvalue weighted by molar-refractivity contribution is -0.155. The summed E-state index contributed by atoms with van der Waals surface area (Å²) in [5.74, 6) is -1.20. The number of ether oxygens (including phenoxy) is 4. The molecule has 0 radical (unpaired) electrons. The van der Waals surface area contributed by atoms with Crippen molar-refractivity contribution in [1.29, 1.82) is 0 Å². The predicted octanol–water partition coefficient (Wildman–Crippen LogP) is -0.711. The van der Waals surface area contributed by atoms with Crippen molar-refractivity contribution in [2.45, 2.75) is 75.0 Å². The molecule has 2 aliphatic heterocycles. The Morgan fingerprint density at radius 3 is 2.26 bits per heavy atom. The summed E-state index contributed by atoms with van der Waals surface area (Å²) in [6.07, 6.45) is -10.5. The number of anilines is 1. The number of carbonyl (C=O) groups is 1. The van der Waals surface area contributed by atoms with Gasteiger partial charge < -0.3 is 54.9 Å². The maximum absolute atomic E-state index is 12.9. The first-order valence-electron chi connectivity index (χ1n) is 14.3. The summed E-state index contributed by atoms with van der Waals surface area (Å²) in [5.41, 5.74) is 0.911. The van der Waals surface area contributed by atoms with Gasteiger partial charge in [-0.1, -0.05) is 24.3 Å². The van der Waals surface area contributed by atoms with Gasteiger partial charge >= 0.3 is 0 Å². The van der Waals surface area contributed by atoms with Crippen molar-refractivity contribution in [1.82, 2.24) is 5.32 Å². The molecule has 15 nitrogen and oxygen atoms in total. The average molecular weight is 665 g/mol. The van der Waals surface area contributed by atoms with E-state index >= 15 is 0 Å². The van der Waals surface area contributed by atoms with E-state index < -0.39 is 82.8 Å². The highest BCUT2D eigenvalue weighted by atomic mass is 32.2. The number of benzene rings is 2. The first-order valence-corrected chi connectivity index (χ1v) is 15.8. The summed E-state index contributed by atoms with van der Waals surface area (Å²) in [7, 11) is -3.98. The number of para-hydroxylation sites is 1. The van der Waals surface area contributed by atoms with E-state index in [4.69, 9.17) is 18.9 Å². The number of rotatable bonds is 9. The summed E-state index contributed by atoms with van der Waals surface area (Å²) in [4.78, 5) is 12.9. The smallest absolute Gasteiger partial charge is 0.255 e. The van der Waals surface area contributed by atoms with Crippen molar-refractivity contribution in [3.63, 3.8) is 0 Å². The van der Waals surface area contributed by atoms with Crippen LogP contribution in [0.3, 0.4) is 0 Å². The number of hydrogen-bond acceptors (Lipinski definition) is 13. The van der Waals surface area contributed by atoms with Crippen LogP contribution in [0.15, 0.2) is 65.1 Å². The third-order valence-electron chi connectivity index (χ3n) is 7.91. The Bertz CT molecular complexity index is 1580. The molecule has 10 atom stereocenters. The number of aliphatic hydroxyl groups is 5. The highest BCUT2D eigenvalue weighted by Crippen LogP contribution is 2.34. The fraction of sp³-hybridized carbons (Fsp3) is 0.433. The Morgan fingerprint density at radius 1 is 0.913 bits per heavy atom. The second-order valence-electron chi connectivity index (χ2n) is 11.3. The topological polar surface area (TPSA) is 234 Å². The number of aliphatic hydroxyl groups excluding tert-OH is 5. The monoisotopic (exact) mass is 664 g/mol. The van der Waals surface area contributed by atoms with Gasteiger partial charge in [-0.2, -0.15) is 0 Å². The molecule has 2 heterocycles. The third-order valence-corrected chi connectivity index (χ3v) is 9.11. The Hall–Kier alpha value is -3.58. The number of sulfonamides is 1. The molecule has 46 heavy (non-hydrogen) atoms. The molecule has 3 fully saturated rings. The summed E-state index contributed by atoms with van der Waals surface area (Å²) in [6.45, 7) is 2.71. The lowest BCUT2D eigenvalue weighted by atomic mass is 9.83. The van der Waals surface area contributed by atoms with Gasteiger partial charge in [-0.25, -0.2) is 8.42 Å². The van der Waals surface area contributed by atoms with Crippen molar-refractivity contribution < 1.29 is 62.8 Å². The number of fused-ring (bicyclic) bond motifs is 1. The average Bonchev–Trinajstić information content (AvgIpc) is 3.61. The van der Waals surface area contributed by atoms with Gasteiger partial charge in [0.1, 0.15) is 55.6 Å². The van der Waals surface area contributed by atoms with Crippen LogP contribution in [0.1, 0.15) is 19.4 Å². The van der Waals surface area contributed by atoms with Crippen LogP contribution in [-0.2, 0) is 29.0 Å². The van der Waals surface area contributed by atoms with Crippen LogP contribution in [0.25, 0.3) is 6.08 Å². The van der Waals surface area contributed by atoms with E-state index in [0.29, 0.717) is 11.3 Å². The third kappa shape index (κ3) is 7.20. The molecule has 8 N–H and O–H groups in total. The van der Waals surface area contributed by atoms with E-state index in [2.05, 4.69) is 10.0 Å². The van der Waals surface area contributed by atoms with Gasteiger partial charge in [0, 0.05) is 11.3 Å². The number of hydrogen-bond donors (Lipinski definition) is 8. The molecule has 5 rings (SSSR count). The fourth-order valence-electron chi connectivity index (χ4n) is 5.52. The van der Waals surface area contributed by atoms with E-state index in [9.17, 15) is 43.9 Å². The fourth-order valence-corrected chi connectivity index (χ4v) is 6.66. The van der Waals surface area contributed by atoms with E-state index in [0.717, 1.165) is 5.41 Å². The van der Waals surface area contributed by atoms with Crippen LogP contribution < -0.4 is 14.8 Å². The normalized spacial score (nSPS) is 33.4. The number of phenolic OH excluding ortho intramolecular Hbond substituents is 1. The molecular formula is C30H36N2O13S. The van der Waals surface area contributed by atoms with Crippen LogP contribution in [-0.4, -0.2) is 113 Å². The van der Waals surface area contributed by atoms with Crippen LogP contribution >= 0.6 is 0 Å². The zero-order chi connectivity index (χ0) is 33.3. The van der Waals surface area contributed by atoms with E-state index in [1.165, 1.54) is 38.1 Å². The summed E-state index contributed by atoms with van der Waals surface area (Å²) >= 11 is 0. The van der Waals surface area contributed by atoms with Gasteiger partial charge in [-0.15, -0.1) is 0 Å². The lowest BCUT2D eigenvalue weighted by Crippen LogP contribution is -2.67. The van der Waals surface area contributed by atoms with Crippen molar-refractivity contribution in [2.24, 2.45) is 0 Å². The molecule has 250 valence electrons. The molecule has 1 aliphatic carbocycles. The highest BCUT2D eigenvalue weighted by Gasteiger charge is 2.53. The van der Waals surface area contributed by atoms with E-state index in [1.807, 2.05) is 0 Å². The van der Waals surface area contributed by atoms with Crippen molar-refractivity contribution in [3.05, 3.63) is 70.6 Å². The first kappa shape index (κ1) is 33.8. The van der Waals surface area contributed by atoms with Gasteiger partial charge in [0.15, 0.2) is 11.5 Å². The van der Waals surface area contributed by atoms with Crippen molar-refractivity contribution >= 4 is 27.7 Å². The lowest BCUT2D eigenvalue weighted by Gasteiger charge is -2.41. The molecule has 1 saturated carbocycles. The maximum Gasteiger partial charge on any atom is 0.255 e. The maximum atomic E-state index is 12.9. The Kier molecular flexibility index (Phi) is 10.0. The summed E-state index contributed by atoms with van der Waals surface area (Å²) in [5, 5.41) is 66.4. The number of amides is 1. The largest absolute Gasteiger partial charge is 0.504 e. The SMILES string of the molecule is C/C(=C\c1ccc(O[C@@H]2O[C@H](/C(C)=C/S(=O)(=O)Nc3ccccc3)[C@@H](O)[C@@H]2O)c(O)c1)C(=O)N[C@@H]1[C@H](O)[C@@H](O)[C@H]2OCO[C@H]2[C@@H]1O. The molecule has 0 unspecified atom stereocenters. The number of aromatic hydroxyl groups is 1. The van der Waals surface area contributed by atoms with Crippen LogP contribution in [0.2, 0.25) is 0 Å². The second kappa shape index (κ2) is 13.6. The molecule has 0 bridgehead atoms. The standard InChI is InChI=1S/C30H36N2O13S/c1-14(29(39)31-20-21(34)23(36)28-27(22(20)35)42-13-43-28)10-16-8-9-19(18(33)11-16)44-30-25(38)24(37)26(45-30)15(2)12-46(40,41)32-17-6-4-3-5-7-17/h3-12,20-28,30,32-38H,13H2,1-2H3,(H,31,39)/b14-10+,15-12+/t20-,21+,22-,23-,24+,25+,26-,27+,28-,30-/m1/s1. The minimum atomic E-state index is -3.98.